The van der Waals surface area contributed by atoms with Gasteiger partial charge in [-0.1, -0.05) is 0 Å². The number of nitro groups is 1. The Morgan fingerprint density at radius 3 is 2.33 bits per heavy atom. The van der Waals surface area contributed by atoms with E-state index in [2.05, 4.69) is 0 Å². The van der Waals surface area contributed by atoms with Gasteiger partial charge < -0.3 is 9.32 Å². The Hall–Kier alpha value is -2.86. The fraction of sp³-hybridized carbons (Fsp3) is 0.267. The van der Waals surface area contributed by atoms with E-state index in [9.17, 15) is 32.1 Å². The molecule has 1 aromatic heterocycles. The zero-order valence-electron chi connectivity index (χ0n) is 13.7. The van der Waals surface area contributed by atoms with Crippen molar-refractivity contribution < 1.29 is 31.3 Å². The highest BCUT2D eigenvalue weighted by molar-refractivity contribution is 7.89. The van der Waals surface area contributed by atoms with Gasteiger partial charge in [0.2, 0.25) is 10.0 Å². The van der Waals surface area contributed by atoms with E-state index in [1.54, 1.807) is 0 Å². The van der Waals surface area contributed by atoms with Crippen LogP contribution in [-0.4, -0.2) is 54.6 Å². The van der Waals surface area contributed by atoms with Crippen LogP contribution in [0.1, 0.15) is 10.6 Å². The summed E-state index contributed by atoms with van der Waals surface area (Å²) < 4.78 is 57.7. The smallest absolute Gasteiger partial charge is 0.395 e. The van der Waals surface area contributed by atoms with Crippen molar-refractivity contribution in [2.75, 3.05) is 26.2 Å². The number of halogens is 2. The molecular formula is C15H13F2N3O6S. The Bertz CT molecular complexity index is 999. The molecule has 0 saturated carbocycles. The highest BCUT2D eigenvalue weighted by atomic mass is 32.2. The van der Waals surface area contributed by atoms with Crippen molar-refractivity contribution in [1.29, 1.82) is 0 Å². The predicted molar refractivity (Wildman–Crippen MR) is 86.4 cm³/mol. The fourth-order valence-corrected chi connectivity index (χ4v) is 4.12. The van der Waals surface area contributed by atoms with Gasteiger partial charge in [0.15, 0.2) is 5.76 Å². The minimum absolute atomic E-state index is 0.0185. The number of hydrogen-bond donors (Lipinski definition) is 0. The van der Waals surface area contributed by atoms with Gasteiger partial charge in [-0.15, -0.1) is 0 Å². The van der Waals surface area contributed by atoms with Crippen molar-refractivity contribution in [2.24, 2.45) is 0 Å². The van der Waals surface area contributed by atoms with Gasteiger partial charge in [-0.25, -0.2) is 17.2 Å². The third-order valence-corrected chi connectivity index (χ3v) is 5.95. The topological polar surface area (TPSA) is 114 Å². The first-order chi connectivity index (χ1) is 12.7. The van der Waals surface area contributed by atoms with Crippen LogP contribution in [0.4, 0.5) is 14.7 Å². The number of nitrogens with zero attached hydrogens (tertiary/aromatic N) is 3. The summed E-state index contributed by atoms with van der Waals surface area (Å²) in [5.74, 6) is -3.52. The van der Waals surface area contributed by atoms with E-state index in [4.69, 9.17) is 4.42 Å². The Balaban J connectivity index is 1.70. The van der Waals surface area contributed by atoms with Crippen molar-refractivity contribution in [3.63, 3.8) is 0 Å². The molecule has 1 aromatic carbocycles. The van der Waals surface area contributed by atoms with Crippen LogP contribution in [0.3, 0.4) is 0 Å². The third-order valence-electron chi connectivity index (χ3n) is 4.02. The van der Waals surface area contributed by atoms with Crippen LogP contribution in [0.15, 0.2) is 39.6 Å². The molecule has 1 amide bonds. The number of furan rings is 1. The molecule has 144 valence electrons. The van der Waals surface area contributed by atoms with E-state index >= 15 is 0 Å². The van der Waals surface area contributed by atoms with Crippen LogP contribution in [0.2, 0.25) is 0 Å². The highest BCUT2D eigenvalue weighted by Gasteiger charge is 2.33. The van der Waals surface area contributed by atoms with Crippen LogP contribution in [0.25, 0.3) is 0 Å². The van der Waals surface area contributed by atoms with Gasteiger partial charge in [0.1, 0.15) is 21.5 Å². The predicted octanol–water partition coefficient (Wildman–Crippen LogP) is 1.61. The molecule has 12 heteroatoms. The lowest BCUT2D eigenvalue weighted by molar-refractivity contribution is -0.402. The second-order valence-electron chi connectivity index (χ2n) is 5.67. The van der Waals surface area contributed by atoms with E-state index in [0.717, 1.165) is 28.6 Å². The number of piperazine rings is 1. The van der Waals surface area contributed by atoms with E-state index in [1.165, 1.54) is 4.90 Å². The SMILES string of the molecule is O=C(c1ccc([N+](=O)[O-])o1)N1CCN(S(=O)(=O)c2ccc(F)cc2F)CC1. The first kappa shape index (κ1) is 18.9. The van der Waals surface area contributed by atoms with Crippen molar-refractivity contribution in [1.82, 2.24) is 9.21 Å². The molecule has 1 aliphatic heterocycles. The number of benzene rings is 1. The normalized spacial score (nSPS) is 15.7. The number of carbonyl (C=O) groups is 1. The summed E-state index contributed by atoms with van der Waals surface area (Å²) in [5.41, 5.74) is 0. The second kappa shape index (κ2) is 7.04. The molecule has 1 aliphatic rings. The minimum atomic E-state index is -4.19. The summed E-state index contributed by atoms with van der Waals surface area (Å²) in [6.07, 6.45) is 0. The van der Waals surface area contributed by atoms with Gasteiger partial charge >= 0.3 is 5.88 Å². The number of amides is 1. The molecule has 3 rings (SSSR count). The van der Waals surface area contributed by atoms with Crippen LogP contribution < -0.4 is 0 Å². The minimum Gasteiger partial charge on any atom is -0.395 e. The van der Waals surface area contributed by atoms with Gasteiger partial charge in [-0.2, -0.15) is 4.31 Å². The van der Waals surface area contributed by atoms with E-state index < -0.39 is 43.3 Å². The van der Waals surface area contributed by atoms with Crippen molar-refractivity contribution >= 4 is 21.8 Å². The average Bonchev–Trinajstić information content (AvgIpc) is 3.11. The van der Waals surface area contributed by atoms with Crippen molar-refractivity contribution in [3.05, 3.63) is 57.8 Å². The molecule has 0 radical (unpaired) electrons. The van der Waals surface area contributed by atoms with Crippen molar-refractivity contribution in [2.45, 2.75) is 4.90 Å². The third kappa shape index (κ3) is 3.66. The summed E-state index contributed by atoms with van der Waals surface area (Å²) in [6, 6.07) is 4.39. The number of sulfonamides is 1. The number of rotatable bonds is 4. The number of carbonyl (C=O) groups excluding carboxylic acids is 1. The first-order valence-electron chi connectivity index (χ1n) is 7.69. The first-order valence-corrected chi connectivity index (χ1v) is 9.13. The van der Waals surface area contributed by atoms with E-state index in [-0.39, 0.29) is 31.9 Å². The summed E-state index contributed by atoms with van der Waals surface area (Å²) in [6.45, 7) is -0.272. The zero-order chi connectivity index (χ0) is 19.8. The molecular weight excluding hydrogens is 388 g/mol. The lowest BCUT2D eigenvalue weighted by Crippen LogP contribution is -2.50. The summed E-state index contributed by atoms with van der Waals surface area (Å²) in [4.78, 5) is 22.7. The maximum absolute atomic E-state index is 13.8. The Morgan fingerprint density at radius 1 is 1.11 bits per heavy atom. The summed E-state index contributed by atoms with van der Waals surface area (Å²) in [7, 11) is -4.19. The van der Waals surface area contributed by atoms with Crippen LogP contribution in [0, 0.1) is 21.7 Å². The molecule has 2 aromatic rings. The van der Waals surface area contributed by atoms with Gasteiger partial charge in [-0.05, 0) is 18.2 Å². The molecule has 0 N–H and O–H groups in total. The molecule has 9 nitrogen and oxygen atoms in total. The monoisotopic (exact) mass is 401 g/mol. The van der Waals surface area contributed by atoms with Gasteiger partial charge in [0.05, 0.1) is 6.07 Å². The fourth-order valence-electron chi connectivity index (χ4n) is 2.65. The molecule has 0 atom stereocenters. The van der Waals surface area contributed by atoms with Crippen LogP contribution >= 0.6 is 0 Å². The van der Waals surface area contributed by atoms with Gasteiger partial charge in [0, 0.05) is 32.2 Å². The van der Waals surface area contributed by atoms with E-state index in [0.29, 0.717) is 6.07 Å². The quantitative estimate of drug-likeness (QED) is 0.568. The zero-order valence-corrected chi connectivity index (χ0v) is 14.5. The molecule has 0 bridgehead atoms. The summed E-state index contributed by atoms with van der Waals surface area (Å²) >= 11 is 0. The molecule has 2 heterocycles. The average molecular weight is 401 g/mol. The number of hydrogen-bond acceptors (Lipinski definition) is 6. The maximum Gasteiger partial charge on any atom is 0.433 e. The second-order valence-corrected chi connectivity index (χ2v) is 7.57. The maximum atomic E-state index is 13.8. The van der Waals surface area contributed by atoms with Gasteiger partial charge in [-0.3, -0.25) is 14.9 Å². The standard InChI is InChI=1S/C15H13F2N3O6S/c16-10-1-3-13(11(17)9-10)27(24,25)19-7-5-18(6-8-19)15(21)12-2-4-14(26-12)20(22)23/h1-4,9H,5-8H2. The Labute approximate surface area is 152 Å². The van der Waals surface area contributed by atoms with Crippen LogP contribution in [-0.2, 0) is 10.0 Å². The van der Waals surface area contributed by atoms with Crippen molar-refractivity contribution in [3.8, 4) is 0 Å². The molecule has 0 spiro atoms. The highest BCUT2D eigenvalue weighted by Crippen LogP contribution is 2.23. The lowest BCUT2D eigenvalue weighted by atomic mass is 10.3. The van der Waals surface area contributed by atoms with Gasteiger partial charge in [0.25, 0.3) is 5.91 Å². The van der Waals surface area contributed by atoms with E-state index in [1.807, 2.05) is 0 Å². The molecule has 27 heavy (non-hydrogen) atoms. The molecule has 0 aliphatic carbocycles. The largest absolute Gasteiger partial charge is 0.433 e. The summed E-state index contributed by atoms with van der Waals surface area (Å²) in [5, 5.41) is 10.6. The Kier molecular flexibility index (Phi) is 4.93. The molecule has 1 fully saturated rings. The van der Waals surface area contributed by atoms with Crippen LogP contribution in [0.5, 0.6) is 0 Å². The molecule has 0 unspecified atom stereocenters. The Morgan fingerprint density at radius 2 is 1.78 bits per heavy atom. The lowest BCUT2D eigenvalue weighted by Gasteiger charge is -2.33. The molecule has 1 saturated heterocycles.